The Kier molecular flexibility index (Phi) is 3.84. The van der Waals surface area contributed by atoms with Crippen LogP contribution in [-0.2, 0) is 0 Å². The highest BCUT2D eigenvalue weighted by atomic mass is 19.1. The number of rotatable bonds is 1. The van der Waals surface area contributed by atoms with E-state index in [2.05, 4.69) is 6.07 Å². The minimum absolute atomic E-state index is 0.0624. The van der Waals surface area contributed by atoms with Crippen molar-refractivity contribution >= 4 is 0 Å². The summed E-state index contributed by atoms with van der Waals surface area (Å²) in [5.41, 5.74) is 5.57. The molecule has 0 aliphatic heterocycles. The van der Waals surface area contributed by atoms with Gasteiger partial charge in [-0.1, -0.05) is 24.3 Å². The lowest BCUT2D eigenvalue weighted by Crippen LogP contribution is -2.43. The second-order valence-corrected chi connectivity index (χ2v) is 6.13. The van der Waals surface area contributed by atoms with E-state index in [0.717, 1.165) is 18.4 Å². The normalized spacial score (nSPS) is 24.8. The fraction of sp³-hybridized carbons (Fsp3) is 0.316. The Morgan fingerprint density at radius 2 is 1.88 bits per heavy atom. The van der Waals surface area contributed by atoms with Crippen molar-refractivity contribution in [3.63, 3.8) is 0 Å². The molecule has 2 atom stereocenters. The molecule has 0 saturated heterocycles. The molecule has 0 heterocycles. The molecule has 24 heavy (non-hydrogen) atoms. The van der Waals surface area contributed by atoms with Gasteiger partial charge in [-0.2, -0.15) is 15.8 Å². The molecule has 1 aromatic rings. The fourth-order valence-electron chi connectivity index (χ4n) is 3.94. The lowest BCUT2D eigenvalue weighted by molar-refractivity contribution is 0.310. The van der Waals surface area contributed by atoms with Gasteiger partial charge in [0.15, 0.2) is 5.41 Å². The Morgan fingerprint density at radius 1 is 1.17 bits per heavy atom. The summed E-state index contributed by atoms with van der Waals surface area (Å²) in [6.07, 6.45) is 4.30. The second-order valence-electron chi connectivity index (χ2n) is 6.13. The molecule has 1 aromatic carbocycles. The van der Waals surface area contributed by atoms with Crippen molar-refractivity contribution in [1.29, 1.82) is 15.8 Å². The maximum absolute atomic E-state index is 14.5. The van der Waals surface area contributed by atoms with E-state index in [4.69, 9.17) is 5.73 Å². The van der Waals surface area contributed by atoms with Gasteiger partial charge in [0, 0.05) is 5.92 Å². The van der Waals surface area contributed by atoms with Gasteiger partial charge in [0.25, 0.3) is 0 Å². The molecule has 0 unspecified atom stereocenters. The summed E-state index contributed by atoms with van der Waals surface area (Å²) in [5, 5.41) is 29.1. The van der Waals surface area contributed by atoms with Crippen molar-refractivity contribution < 1.29 is 4.39 Å². The zero-order valence-electron chi connectivity index (χ0n) is 13.0. The summed E-state index contributed by atoms with van der Waals surface area (Å²) in [7, 11) is 0. The molecule has 2 aliphatic carbocycles. The average Bonchev–Trinajstić information content (AvgIpc) is 2.62. The van der Waals surface area contributed by atoms with E-state index in [1.165, 1.54) is 6.07 Å². The van der Waals surface area contributed by atoms with Gasteiger partial charge in [-0.15, -0.1) is 0 Å². The van der Waals surface area contributed by atoms with E-state index >= 15 is 0 Å². The van der Waals surface area contributed by atoms with Crippen LogP contribution < -0.4 is 5.73 Å². The number of nitrogens with zero attached hydrogens (tertiary/aromatic N) is 3. The molecule has 2 aliphatic rings. The SMILES string of the molecule is N#CC1=C(N)C(C#N)(C#N)[C@@H](c2ccccc2F)[C@H]2CCCC=C12. The number of allylic oxidation sites excluding steroid dienone is 4. The summed E-state index contributed by atoms with van der Waals surface area (Å²) < 4.78 is 14.5. The smallest absolute Gasteiger partial charge is 0.191 e. The zero-order chi connectivity index (χ0) is 17.3. The van der Waals surface area contributed by atoms with Crippen LogP contribution in [0, 0.1) is 51.1 Å². The average molecular weight is 318 g/mol. The maximum atomic E-state index is 14.5. The third-order valence-corrected chi connectivity index (χ3v) is 5.04. The number of fused-ring (bicyclic) bond motifs is 1. The van der Waals surface area contributed by atoms with Crippen LogP contribution in [0.1, 0.15) is 30.7 Å². The van der Waals surface area contributed by atoms with Crippen LogP contribution in [0.3, 0.4) is 0 Å². The van der Waals surface area contributed by atoms with E-state index in [-0.39, 0.29) is 17.2 Å². The number of nitriles is 3. The highest BCUT2D eigenvalue weighted by Crippen LogP contribution is 2.56. The Balaban J connectivity index is 2.37. The van der Waals surface area contributed by atoms with E-state index in [0.29, 0.717) is 12.0 Å². The third kappa shape index (κ3) is 2.01. The molecular formula is C19H15FN4. The quantitative estimate of drug-likeness (QED) is 0.857. The first-order valence-corrected chi connectivity index (χ1v) is 7.78. The molecule has 0 amide bonds. The molecule has 0 bridgehead atoms. The molecule has 5 heteroatoms. The molecule has 3 rings (SSSR count). The molecule has 0 spiro atoms. The predicted octanol–water partition coefficient (Wildman–Crippen LogP) is 3.42. The predicted molar refractivity (Wildman–Crippen MR) is 85.1 cm³/mol. The van der Waals surface area contributed by atoms with E-state index in [1.807, 2.05) is 18.2 Å². The topological polar surface area (TPSA) is 97.4 Å². The fourth-order valence-corrected chi connectivity index (χ4v) is 3.94. The molecule has 2 N–H and O–H groups in total. The first-order valence-electron chi connectivity index (χ1n) is 7.78. The van der Waals surface area contributed by atoms with Crippen LogP contribution in [0.4, 0.5) is 4.39 Å². The van der Waals surface area contributed by atoms with Crippen LogP contribution >= 0.6 is 0 Å². The molecule has 0 aromatic heterocycles. The van der Waals surface area contributed by atoms with Gasteiger partial charge in [-0.3, -0.25) is 0 Å². The number of halogens is 1. The van der Waals surface area contributed by atoms with Crippen LogP contribution in [0.2, 0.25) is 0 Å². The van der Waals surface area contributed by atoms with E-state index < -0.39 is 17.2 Å². The van der Waals surface area contributed by atoms with Gasteiger partial charge in [-0.25, -0.2) is 4.39 Å². The molecule has 118 valence electrons. The Hall–Kier alpha value is -3.10. The van der Waals surface area contributed by atoms with Crippen LogP contribution in [-0.4, -0.2) is 0 Å². The molecular weight excluding hydrogens is 303 g/mol. The number of hydrogen-bond acceptors (Lipinski definition) is 4. The monoisotopic (exact) mass is 318 g/mol. The van der Waals surface area contributed by atoms with Crippen molar-refractivity contribution in [2.75, 3.05) is 0 Å². The van der Waals surface area contributed by atoms with Crippen LogP contribution in [0.15, 0.2) is 47.2 Å². The van der Waals surface area contributed by atoms with Crippen LogP contribution in [0.5, 0.6) is 0 Å². The summed E-state index contributed by atoms with van der Waals surface area (Å²) in [5.74, 6) is -1.45. The van der Waals surface area contributed by atoms with E-state index in [1.54, 1.807) is 18.2 Å². The van der Waals surface area contributed by atoms with Crippen molar-refractivity contribution in [2.24, 2.45) is 17.1 Å². The third-order valence-electron chi connectivity index (χ3n) is 5.04. The molecule has 0 fully saturated rings. The van der Waals surface area contributed by atoms with Gasteiger partial charge in [-0.05, 0) is 42.4 Å². The first kappa shape index (κ1) is 15.8. The summed E-state index contributed by atoms with van der Waals surface area (Å²) in [6.45, 7) is 0. The Labute approximate surface area is 139 Å². The molecule has 0 saturated carbocycles. The lowest BCUT2D eigenvalue weighted by Gasteiger charge is -2.43. The lowest BCUT2D eigenvalue weighted by atomic mass is 9.56. The number of benzene rings is 1. The van der Waals surface area contributed by atoms with Gasteiger partial charge < -0.3 is 5.73 Å². The minimum Gasteiger partial charge on any atom is -0.399 e. The largest absolute Gasteiger partial charge is 0.399 e. The van der Waals surface area contributed by atoms with Gasteiger partial charge in [0.2, 0.25) is 0 Å². The Bertz CT molecular complexity index is 862. The standard InChI is InChI=1S/C19H15FN4/c20-16-8-4-3-7-14(16)17-13-6-2-1-5-12(13)15(9-21)18(24)19(17,10-22)11-23/h3-5,7-8,13,17H,1-2,6,24H2/t13-,17+/m0/s1. The number of hydrogen-bond donors (Lipinski definition) is 1. The minimum atomic E-state index is -1.74. The second kappa shape index (κ2) is 5.84. The number of nitrogens with two attached hydrogens (primary N) is 1. The highest BCUT2D eigenvalue weighted by molar-refractivity contribution is 5.59. The summed E-state index contributed by atoms with van der Waals surface area (Å²) in [4.78, 5) is 0. The van der Waals surface area contributed by atoms with Crippen molar-refractivity contribution in [2.45, 2.75) is 25.2 Å². The highest BCUT2D eigenvalue weighted by Gasteiger charge is 2.54. The first-order chi connectivity index (χ1) is 11.6. The van der Waals surface area contributed by atoms with Crippen molar-refractivity contribution in [3.8, 4) is 18.2 Å². The van der Waals surface area contributed by atoms with Gasteiger partial charge in [0.1, 0.15) is 11.9 Å². The summed E-state index contributed by atoms with van der Waals surface area (Å²) >= 11 is 0. The maximum Gasteiger partial charge on any atom is 0.191 e. The van der Waals surface area contributed by atoms with E-state index in [9.17, 15) is 20.2 Å². The van der Waals surface area contributed by atoms with Crippen molar-refractivity contribution in [1.82, 2.24) is 0 Å². The Morgan fingerprint density at radius 3 is 2.50 bits per heavy atom. The van der Waals surface area contributed by atoms with Crippen LogP contribution in [0.25, 0.3) is 0 Å². The van der Waals surface area contributed by atoms with Gasteiger partial charge in [0.05, 0.1) is 23.4 Å². The zero-order valence-corrected chi connectivity index (χ0v) is 13.0. The van der Waals surface area contributed by atoms with Crippen molar-refractivity contribution in [3.05, 3.63) is 58.6 Å². The van der Waals surface area contributed by atoms with Gasteiger partial charge >= 0.3 is 0 Å². The molecule has 4 nitrogen and oxygen atoms in total. The summed E-state index contributed by atoms with van der Waals surface area (Å²) in [6, 6.07) is 12.2. The molecule has 0 radical (unpaired) electrons.